The zero-order valence-electron chi connectivity index (χ0n) is 10.2. The summed E-state index contributed by atoms with van der Waals surface area (Å²) in [7, 11) is 1.66. The molecule has 0 radical (unpaired) electrons. The van der Waals surface area contributed by atoms with E-state index in [1.807, 2.05) is 36.4 Å². The fourth-order valence-electron chi connectivity index (χ4n) is 1.77. The summed E-state index contributed by atoms with van der Waals surface area (Å²) in [5.74, 6) is 0.869. The number of methoxy groups -OCH3 is 1. The zero-order chi connectivity index (χ0) is 12.8. The van der Waals surface area contributed by atoms with Crippen LogP contribution in [0.1, 0.15) is 16.7 Å². The number of nitrogens with zero attached hydrogens (tertiary/aromatic N) is 1. The molecule has 0 aromatic heterocycles. The van der Waals surface area contributed by atoms with Crippen molar-refractivity contribution < 1.29 is 9.94 Å². The van der Waals surface area contributed by atoms with Gasteiger partial charge in [-0.15, -0.1) is 0 Å². The van der Waals surface area contributed by atoms with Gasteiger partial charge in [0.1, 0.15) is 5.75 Å². The highest BCUT2D eigenvalue weighted by molar-refractivity contribution is 5.78. The van der Waals surface area contributed by atoms with Crippen LogP contribution in [0.15, 0.2) is 53.7 Å². The lowest BCUT2D eigenvalue weighted by molar-refractivity contribution is 0.322. The number of oxime groups is 1. The summed E-state index contributed by atoms with van der Waals surface area (Å²) >= 11 is 0. The maximum Gasteiger partial charge on any atom is 0.118 e. The first-order valence-corrected chi connectivity index (χ1v) is 5.71. The third kappa shape index (κ3) is 3.10. The number of hydrogen-bond donors (Lipinski definition) is 1. The molecule has 0 amide bonds. The van der Waals surface area contributed by atoms with Crippen molar-refractivity contribution in [3.8, 4) is 5.75 Å². The maximum absolute atomic E-state index is 8.43. The predicted octanol–water partition coefficient (Wildman–Crippen LogP) is 3.09. The Morgan fingerprint density at radius 1 is 1.00 bits per heavy atom. The zero-order valence-corrected chi connectivity index (χ0v) is 10.2. The van der Waals surface area contributed by atoms with Gasteiger partial charge in [-0.2, -0.15) is 0 Å². The molecule has 3 nitrogen and oxygen atoms in total. The molecule has 3 heteroatoms. The molecule has 92 valence electrons. The molecule has 0 spiro atoms. The van der Waals surface area contributed by atoms with Crippen molar-refractivity contribution >= 4 is 6.21 Å². The number of benzene rings is 2. The summed E-state index contributed by atoms with van der Waals surface area (Å²) in [6.45, 7) is 0. The standard InChI is InChI=1S/C15H15NO2/c1-18-15-8-6-13(7-9-15)10-12-2-4-14(5-3-12)11-16-17/h2-9,11,17H,10H2,1H3. The number of hydrogen-bond acceptors (Lipinski definition) is 3. The monoisotopic (exact) mass is 241 g/mol. The summed E-state index contributed by atoms with van der Waals surface area (Å²) in [6, 6.07) is 16.0. The van der Waals surface area contributed by atoms with Crippen LogP contribution >= 0.6 is 0 Å². The minimum Gasteiger partial charge on any atom is -0.497 e. The van der Waals surface area contributed by atoms with Crippen LogP contribution in [0.5, 0.6) is 5.75 Å². The van der Waals surface area contributed by atoms with Gasteiger partial charge < -0.3 is 9.94 Å². The van der Waals surface area contributed by atoms with Crippen LogP contribution in [-0.4, -0.2) is 18.5 Å². The van der Waals surface area contributed by atoms with E-state index in [0.29, 0.717) is 0 Å². The molecule has 0 aliphatic carbocycles. The Hall–Kier alpha value is -2.29. The molecule has 2 aromatic rings. The van der Waals surface area contributed by atoms with Crippen molar-refractivity contribution in [2.75, 3.05) is 7.11 Å². The molecule has 0 bridgehead atoms. The quantitative estimate of drug-likeness (QED) is 0.507. The molecular formula is C15H15NO2. The van der Waals surface area contributed by atoms with E-state index in [4.69, 9.17) is 9.94 Å². The fourth-order valence-corrected chi connectivity index (χ4v) is 1.77. The van der Waals surface area contributed by atoms with E-state index in [1.54, 1.807) is 7.11 Å². The summed E-state index contributed by atoms with van der Waals surface area (Å²) in [6.07, 6.45) is 2.29. The lowest BCUT2D eigenvalue weighted by Crippen LogP contribution is -1.90. The van der Waals surface area contributed by atoms with Crippen molar-refractivity contribution in [3.63, 3.8) is 0 Å². The van der Waals surface area contributed by atoms with Gasteiger partial charge in [0, 0.05) is 0 Å². The molecular weight excluding hydrogens is 226 g/mol. The molecule has 18 heavy (non-hydrogen) atoms. The van der Waals surface area contributed by atoms with Crippen LogP contribution in [0.3, 0.4) is 0 Å². The molecule has 0 aliphatic heterocycles. The minimum absolute atomic E-state index is 0.869. The first kappa shape index (κ1) is 12.2. The van der Waals surface area contributed by atoms with Crippen LogP contribution in [0, 0.1) is 0 Å². The minimum atomic E-state index is 0.869. The van der Waals surface area contributed by atoms with Gasteiger partial charge in [-0.05, 0) is 35.2 Å². The van der Waals surface area contributed by atoms with Gasteiger partial charge in [0.25, 0.3) is 0 Å². The molecule has 0 saturated heterocycles. The molecule has 0 saturated carbocycles. The van der Waals surface area contributed by atoms with E-state index >= 15 is 0 Å². The Bertz CT molecular complexity index is 515. The van der Waals surface area contributed by atoms with Crippen LogP contribution in [-0.2, 0) is 6.42 Å². The molecule has 0 aliphatic rings. The summed E-state index contributed by atoms with van der Waals surface area (Å²) in [4.78, 5) is 0. The van der Waals surface area contributed by atoms with Crippen LogP contribution < -0.4 is 4.74 Å². The Kier molecular flexibility index (Phi) is 3.97. The predicted molar refractivity (Wildman–Crippen MR) is 71.6 cm³/mol. The van der Waals surface area contributed by atoms with Crippen LogP contribution in [0.4, 0.5) is 0 Å². The molecule has 1 N–H and O–H groups in total. The number of rotatable bonds is 4. The van der Waals surface area contributed by atoms with E-state index in [2.05, 4.69) is 17.3 Å². The lowest BCUT2D eigenvalue weighted by atomic mass is 10.0. The fraction of sp³-hybridized carbons (Fsp3) is 0.133. The van der Waals surface area contributed by atoms with Gasteiger partial charge in [-0.3, -0.25) is 0 Å². The summed E-state index contributed by atoms with van der Waals surface area (Å²) in [5.41, 5.74) is 3.34. The Labute approximate surface area is 106 Å². The molecule has 0 heterocycles. The molecule has 0 atom stereocenters. The SMILES string of the molecule is COc1ccc(Cc2ccc(C=NO)cc2)cc1. The topological polar surface area (TPSA) is 41.8 Å². The Morgan fingerprint density at radius 2 is 1.56 bits per heavy atom. The third-order valence-corrected chi connectivity index (χ3v) is 2.75. The average Bonchev–Trinajstić information content (AvgIpc) is 2.42. The second-order valence-corrected chi connectivity index (χ2v) is 4.01. The largest absolute Gasteiger partial charge is 0.497 e. The van der Waals surface area contributed by atoms with Gasteiger partial charge in [0.2, 0.25) is 0 Å². The van der Waals surface area contributed by atoms with E-state index in [1.165, 1.54) is 17.3 Å². The third-order valence-electron chi connectivity index (χ3n) is 2.75. The first-order chi connectivity index (χ1) is 8.81. The van der Waals surface area contributed by atoms with Crippen molar-refractivity contribution in [1.29, 1.82) is 0 Å². The van der Waals surface area contributed by atoms with Crippen molar-refractivity contribution in [3.05, 3.63) is 65.2 Å². The van der Waals surface area contributed by atoms with Gasteiger partial charge in [0.15, 0.2) is 0 Å². The van der Waals surface area contributed by atoms with Crippen molar-refractivity contribution in [2.24, 2.45) is 5.16 Å². The lowest BCUT2D eigenvalue weighted by Gasteiger charge is -2.04. The van der Waals surface area contributed by atoms with E-state index < -0.39 is 0 Å². The molecule has 0 unspecified atom stereocenters. The van der Waals surface area contributed by atoms with Crippen LogP contribution in [0.2, 0.25) is 0 Å². The summed E-state index contributed by atoms with van der Waals surface area (Å²) < 4.78 is 5.12. The van der Waals surface area contributed by atoms with Crippen molar-refractivity contribution in [1.82, 2.24) is 0 Å². The molecule has 0 fully saturated rings. The second kappa shape index (κ2) is 5.87. The molecule has 2 aromatic carbocycles. The highest BCUT2D eigenvalue weighted by atomic mass is 16.5. The van der Waals surface area contributed by atoms with Crippen LogP contribution in [0.25, 0.3) is 0 Å². The van der Waals surface area contributed by atoms with E-state index in [0.717, 1.165) is 17.7 Å². The number of ether oxygens (including phenoxy) is 1. The second-order valence-electron chi connectivity index (χ2n) is 4.01. The van der Waals surface area contributed by atoms with Gasteiger partial charge in [-0.25, -0.2) is 0 Å². The highest BCUT2D eigenvalue weighted by Gasteiger charge is 1.97. The normalized spacial score (nSPS) is 10.7. The van der Waals surface area contributed by atoms with Gasteiger partial charge in [-0.1, -0.05) is 41.6 Å². The molecule has 2 rings (SSSR count). The van der Waals surface area contributed by atoms with E-state index in [-0.39, 0.29) is 0 Å². The van der Waals surface area contributed by atoms with Gasteiger partial charge in [0.05, 0.1) is 13.3 Å². The average molecular weight is 241 g/mol. The maximum atomic E-state index is 8.43. The Balaban J connectivity index is 2.08. The van der Waals surface area contributed by atoms with E-state index in [9.17, 15) is 0 Å². The highest BCUT2D eigenvalue weighted by Crippen LogP contribution is 2.15. The van der Waals surface area contributed by atoms with Gasteiger partial charge >= 0.3 is 0 Å². The van der Waals surface area contributed by atoms with Crippen molar-refractivity contribution in [2.45, 2.75) is 6.42 Å². The smallest absolute Gasteiger partial charge is 0.118 e. The summed E-state index contributed by atoms with van der Waals surface area (Å²) in [5, 5.41) is 11.4. The Morgan fingerprint density at radius 3 is 2.06 bits per heavy atom. The first-order valence-electron chi connectivity index (χ1n) is 5.71.